The molecule has 1 aliphatic carbocycles. The Labute approximate surface area is 132 Å². The quantitative estimate of drug-likeness (QED) is 0.790. The Bertz CT molecular complexity index is 591. The molecule has 0 aliphatic heterocycles. The first-order chi connectivity index (χ1) is 10.3. The van der Waals surface area contributed by atoms with Gasteiger partial charge in [-0.25, -0.2) is 0 Å². The summed E-state index contributed by atoms with van der Waals surface area (Å²) in [5, 5.41) is 4.66. The summed E-state index contributed by atoms with van der Waals surface area (Å²) in [6.45, 7) is 2.24. The van der Waals surface area contributed by atoms with Crippen molar-refractivity contribution in [3.05, 3.63) is 70.2 Å². The Balaban J connectivity index is 1.80. The lowest BCUT2D eigenvalue weighted by atomic mass is 9.87. The molecule has 2 aromatic carbocycles. The van der Waals surface area contributed by atoms with E-state index in [1.54, 1.807) is 0 Å². The maximum Gasteiger partial charge on any atom is 0.0406 e. The molecule has 0 heterocycles. The van der Waals surface area contributed by atoms with Crippen LogP contribution in [-0.4, -0.2) is 0 Å². The Kier molecular flexibility index (Phi) is 4.62. The predicted octanol–water partition coefficient (Wildman–Crippen LogP) is 5.46. The Hall–Kier alpha value is -1.31. The number of hydrogen-bond acceptors (Lipinski definition) is 1. The molecule has 2 atom stereocenters. The van der Waals surface area contributed by atoms with Gasteiger partial charge in [0.1, 0.15) is 0 Å². The van der Waals surface area contributed by atoms with E-state index < -0.39 is 0 Å². The fourth-order valence-corrected chi connectivity index (χ4v) is 3.44. The SMILES string of the molecule is CCC(NC1CCCc2ccccc21)c1ccc(Cl)cc1. The van der Waals surface area contributed by atoms with Crippen LogP contribution in [0.3, 0.4) is 0 Å². The van der Waals surface area contributed by atoms with Crippen molar-refractivity contribution in [1.82, 2.24) is 5.32 Å². The lowest BCUT2D eigenvalue weighted by Crippen LogP contribution is -2.29. The lowest BCUT2D eigenvalue weighted by molar-refractivity contribution is 0.393. The molecule has 0 bridgehead atoms. The fraction of sp³-hybridized carbons (Fsp3) is 0.368. The molecule has 2 aromatic rings. The van der Waals surface area contributed by atoms with Gasteiger partial charge < -0.3 is 5.32 Å². The van der Waals surface area contributed by atoms with E-state index in [4.69, 9.17) is 11.6 Å². The van der Waals surface area contributed by atoms with Crippen molar-refractivity contribution < 1.29 is 0 Å². The van der Waals surface area contributed by atoms with Gasteiger partial charge in [0.05, 0.1) is 0 Å². The fourth-order valence-electron chi connectivity index (χ4n) is 3.31. The second-order valence-corrected chi connectivity index (χ2v) is 6.26. The Morgan fingerprint density at radius 3 is 2.67 bits per heavy atom. The highest BCUT2D eigenvalue weighted by Gasteiger charge is 2.22. The molecular formula is C19H22ClN. The molecule has 0 amide bonds. The van der Waals surface area contributed by atoms with Crippen LogP contribution in [0, 0.1) is 0 Å². The molecular weight excluding hydrogens is 278 g/mol. The number of aryl methyl sites for hydroxylation is 1. The van der Waals surface area contributed by atoms with Gasteiger partial charge in [-0.15, -0.1) is 0 Å². The molecule has 2 heteroatoms. The monoisotopic (exact) mass is 299 g/mol. The third-order valence-corrected chi connectivity index (χ3v) is 4.70. The standard InChI is InChI=1S/C19H22ClN/c1-2-18(15-10-12-16(20)13-11-15)21-19-9-5-7-14-6-3-4-8-17(14)19/h3-4,6,8,10-13,18-19,21H,2,5,7,9H2,1H3. The molecule has 0 saturated carbocycles. The van der Waals surface area contributed by atoms with E-state index in [-0.39, 0.29) is 0 Å². The molecule has 0 radical (unpaired) electrons. The molecule has 1 nitrogen and oxygen atoms in total. The summed E-state index contributed by atoms with van der Waals surface area (Å²) < 4.78 is 0. The highest BCUT2D eigenvalue weighted by atomic mass is 35.5. The van der Waals surface area contributed by atoms with E-state index in [0.717, 1.165) is 11.4 Å². The van der Waals surface area contributed by atoms with Crippen LogP contribution in [0.25, 0.3) is 0 Å². The highest BCUT2D eigenvalue weighted by molar-refractivity contribution is 6.30. The molecule has 0 aromatic heterocycles. The first-order valence-corrected chi connectivity index (χ1v) is 8.25. The van der Waals surface area contributed by atoms with Crippen molar-refractivity contribution in [2.24, 2.45) is 0 Å². The maximum atomic E-state index is 6.00. The van der Waals surface area contributed by atoms with Crippen molar-refractivity contribution in [3.8, 4) is 0 Å². The summed E-state index contributed by atoms with van der Waals surface area (Å²) in [5.41, 5.74) is 4.31. The van der Waals surface area contributed by atoms with E-state index in [0.29, 0.717) is 12.1 Å². The summed E-state index contributed by atoms with van der Waals surface area (Å²) in [6, 6.07) is 17.9. The van der Waals surface area contributed by atoms with Crippen LogP contribution >= 0.6 is 11.6 Å². The van der Waals surface area contributed by atoms with Gasteiger partial charge in [-0.3, -0.25) is 0 Å². The summed E-state index contributed by atoms with van der Waals surface area (Å²) in [6.07, 6.45) is 4.79. The van der Waals surface area contributed by atoms with Gasteiger partial charge in [-0.1, -0.05) is 54.9 Å². The zero-order valence-corrected chi connectivity index (χ0v) is 13.2. The molecule has 1 N–H and O–H groups in total. The second kappa shape index (κ2) is 6.64. The van der Waals surface area contributed by atoms with Crippen LogP contribution in [0.4, 0.5) is 0 Å². The van der Waals surface area contributed by atoms with Gasteiger partial charge in [0, 0.05) is 17.1 Å². The van der Waals surface area contributed by atoms with Crippen molar-refractivity contribution in [2.45, 2.75) is 44.7 Å². The van der Waals surface area contributed by atoms with Crippen LogP contribution in [0.15, 0.2) is 48.5 Å². The molecule has 0 fully saturated rings. The summed E-state index contributed by atoms with van der Waals surface area (Å²) in [4.78, 5) is 0. The van der Waals surface area contributed by atoms with Crippen LogP contribution < -0.4 is 5.32 Å². The van der Waals surface area contributed by atoms with E-state index in [2.05, 4.69) is 48.6 Å². The van der Waals surface area contributed by atoms with E-state index in [1.807, 2.05) is 12.1 Å². The van der Waals surface area contributed by atoms with Crippen LogP contribution in [-0.2, 0) is 6.42 Å². The number of rotatable bonds is 4. The molecule has 0 saturated heterocycles. The van der Waals surface area contributed by atoms with Crippen molar-refractivity contribution in [1.29, 1.82) is 0 Å². The third-order valence-electron chi connectivity index (χ3n) is 4.45. The number of halogens is 1. The second-order valence-electron chi connectivity index (χ2n) is 5.82. The van der Waals surface area contributed by atoms with Crippen LogP contribution in [0.1, 0.15) is 55.0 Å². The molecule has 110 valence electrons. The number of nitrogens with one attached hydrogen (secondary N) is 1. The molecule has 3 rings (SSSR count). The average molecular weight is 300 g/mol. The minimum absolute atomic E-state index is 0.387. The minimum atomic E-state index is 0.387. The lowest BCUT2D eigenvalue weighted by Gasteiger charge is -2.30. The van der Waals surface area contributed by atoms with Crippen LogP contribution in [0.5, 0.6) is 0 Å². The smallest absolute Gasteiger partial charge is 0.0406 e. The van der Waals surface area contributed by atoms with Gasteiger partial charge in [0.2, 0.25) is 0 Å². The molecule has 1 aliphatic rings. The zero-order chi connectivity index (χ0) is 14.7. The third kappa shape index (κ3) is 3.30. The zero-order valence-electron chi connectivity index (χ0n) is 12.5. The normalized spacial score (nSPS) is 19.0. The van der Waals surface area contributed by atoms with Gasteiger partial charge >= 0.3 is 0 Å². The molecule has 2 unspecified atom stereocenters. The predicted molar refractivity (Wildman–Crippen MR) is 89.7 cm³/mol. The number of benzene rings is 2. The van der Waals surface area contributed by atoms with Crippen molar-refractivity contribution >= 4 is 11.6 Å². The number of hydrogen-bond donors (Lipinski definition) is 1. The molecule has 21 heavy (non-hydrogen) atoms. The van der Waals surface area contributed by atoms with E-state index in [1.165, 1.54) is 36.0 Å². The Morgan fingerprint density at radius 1 is 1.14 bits per heavy atom. The average Bonchev–Trinajstić information content (AvgIpc) is 2.54. The van der Waals surface area contributed by atoms with Crippen molar-refractivity contribution in [2.75, 3.05) is 0 Å². The van der Waals surface area contributed by atoms with Crippen LogP contribution in [0.2, 0.25) is 5.02 Å². The summed E-state index contributed by atoms with van der Waals surface area (Å²) in [7, 11) is 0. The van der Waals surface area contributed by atoms with Crippen molar-refractivity contribution in [3.63, 3.8) is 0 Å². The summed E-state index contributed by atoms with van der Waals surface area (Å²) in [5.74, 6) is 0. The van der Waals surface area contributed by atoms with Gasteiger partial charge in [0.25, 0.3) is 0 Å². The van der Waals surface area contributed by atoms with E-state index >= 15 is 0 Å². The molecule has 0 spiro atoms. The number of fused-ring (bicyclic) bond motifs is 1. The summed E-state index contributed by atoms with van der Waals surface area (Å²) >= 11 is 6.00. The van der Waals surface area contributed by atoms with Gasteiger partial charge in [-0.05, 0) is 54.5 Å². The first-order valence-electron chi connectivity index (χ1n) is 7.87. The topological polar surface area (TPSA) is 12.0 Å². The first kappa shape index (κ1) is 14.6. The van der Waals surface area contributed by atoms with Gasteiger partial charge in [0.15, 0.2) is 0 Å². The largest absolute Gasteiger partial charge is 0.303 e. The van der Waals surface area contributed by atoms with E-state index in [9.17, 15) is 0 Å². The minimum Gasteiger partial charge on any atom is -0.303 e. The van der Waals surface area contributed by atoms with Gasteiger partial charge in [-0.2, -0.15) is 0 Å². The highest BCUT2D eigenvalue weighted by Crippen LogP contribution is 2.32. The maximum absolute atomic E-state index is 6.00. The Morgan fingerprint density at radius 2 is 1.90 bits per heavy atom.